The summed E-state index contributed by atoms with van der Waals surface area (Å²) in [6.45, 7) is 3.38. The number of hydrogen-bond acceptors (Lipinski definition) is 3. The van der Waals surface area contributed by atoms with Crippen LogP contribution in [0.4, 0.5) is 5.69 Å². The third-order valence-electron chi connectivity index (χ3n) is 2.82. The molecule has 5 nitrogen and oxygen atoms in total. The second-order valence-electron chi connectivity index (χ2n) is 4.72. The lowest BCUT2D eigenvalue weighted by molar-refractivity contribution is -0.142. The van der Waals surface area contributed by atoms with Gasteiger partial charge in [-0.2, -0.15) is 0 Å². The summed E-state index contributed by atoms with van der Waals surface area (Å²) in [5.74, 6) is -1.40. The Morgan fingerprint density at radius 3 is 2.33 bits per heavy atom. The summed E-state index contributed by atoms with van der Waals surface area (Å²) in [5, 5.41) is 8.77. The molecule has 1 amide bonds. The lowest BCUT2D eigenvalue weighted by atomic mass is 10.2. The Morgan fingerprint density at radius 1 is 1.24 bits per heavy atom. The zero-order chi connectivity index (χ0) is 15.8. The molecule has 0 fully saturated rings. The molecule has 0 saturated heterocycles. The van der Waals surface area contributed by atoms with Crippen molar-refractivity contribution in [3.8, 4) is 0 Å². The highest BCUT2D eigenvalue weighted by Gasteiger charge is 2.12. The van der Waals surface area contributed by atoms with Crippen LogP contribution in [-0.4, -0.2) is 49.1 Å². The van der Waals surface area contributed by atoms with Crippen molar-refractivity contribution in [2.45, 2.75) is 0 Å². The van der Waals surface area contributed by atoms with Gasteiger partial charge in [-0.1, -0.05) is 18.2 Å². The van der Waals surface area contributed by atoms with Crippen LogP contribution in [0.2, 0.25) is 0 Å². The van der Waals surface area contributed by atoms with Gasteiger partial charge < -0.3 is 14.9 Å². The minimum Gasteiger partial charge on any atom is -0.480 e. The molecule has 21 heavy (non-hydrogen) atoms. The van der Waals surface area contributed by atoms with Crippen molar-refractivity contribution in [2.24, 2.45) is 0 Å². The number of benzene rings is 1. The summed E-state index contributed by atoms with van der Waals surface area (Å²) in [6, 6.07) is 7.69. The van der Waals surface area contributed by atoms with E-state index >= 15 is 0 Å². The molecule has 1 aromatic rings. The molecule has 112 valence electrons. The van der Waals surface area contributed by atoms with Crippen LogP contribution in [0.1, 0.15) is 5.56 Å². The Balaban J connectivity index is 2.74. The van der Waals surface area contributed by atoms with Crippen LogP contribution in [0.25, 0.3) is 6.08 Å². The normalized spacial score (nSPS) is 10.4. The highest BCUT2D eigenvalue weighted by molar-refractivity contribution is 5.93. The van der Waals surface area contributed by atoms with E-state index in [4.69, 9.17) is 5.11 Å². The minimum atomic E-state index is -1.05. The average molecular weight is 288 g/mol. The quantitative estimate of drug-likeness (QED) is 0.614. The van der Waals surface area contributed by atoms with E-state index in [-0.39, 0.29) is 19.0 Å². The van der Waals surface area contributed by atoms with Crippen molar-refractivity contribution >= 4 is 23.6 Å². The van der Waals surface area contributed by atoms with Crippen LogP contribution in [-0.2, 0) is 9.59 Å². The van der Waals surface area contributed by atoms with Gasteiger partial charge in [-0.25, -0.2) is 0 Å². The third kappa shape index (κ3) is 5.52. The maximum absolute atomic E-state index is 11.9. The summed E-state index contributed by atoms with van der Waals surface area (Å²) in [7, 11) is 3.90. The Bertz CT molecular complexity index is 533. The highest BCUT2D eigenvalue weighted by atomic mass is 16.4. The topological polar surface area (TPSA) is 60.9 Å². The fourth-order valence-corrected chi connectivity index (χ4v) is 1.71. The predicted molar refractivity (Wildman–Crippen MR) is 84.2 cm³/mol. The summed E-state index contributed by atoms with van der Waals surface area (Å²) < 4.78 is 0. The molecular weight excluding hydrogens is 268 g/mol. The lowest BCUT2D eigenvalue weighted by Gasteiger charge is -2.16. The number of aliphatic carboxylic acids is 1. The molecule has 0 spiro atoms. The molecule has 0 atom stereocenters. The zero-order valence-electron chi connectivity index (χ0n) is 12.3. The first-order chi connectivity index (χ1) is 9.93. The van der Waals surface area contributed by atoms with Crippen molar-refractivity contribution in [1.82, 2.24) is 4.90 Å². The number of carboxylic acids is 1. The first-order valence-corrected chi connectivity index (χ1v) is 6.51. The van der Waals surface area contributed by atoms with Gasteiger partial charge in [-0.05, 0) is 23.8 Å². The van der Waals surface area contributed by atoms with E-state index in [9.17, 15) is 9.59 Å². The van der Waals surface area contributed by atoms with Gasteiger partial charge >= 0.3 is 5.97 Å². The SMILES string of the molecule is C=CCN(CC(=O)O)C(=O)C=Cc1ccc(N(C)C)cc1. The largest absolute Gasteiger partial charge is 0.480 e. The maximum Gasteiger partial charge on any atom is 0.323 e. The van der Waals surface area contributed by atoms with E-state index in [0.717, 1.165) is 11.3 Å². The number of carbonyl (C=O) groups excluding carboxylic acids is 1. The van der Waals surface area contributed by atoms with Crippen molar-refractivity contribution in [2.75, 3.05) is 32.1 Å². The Kier molecular flexibility index (Phi) is 6.20. The summed E-state index contributed by atoms with van der Waals surface area (Å²) in [6.07, 6.45) is 4.54. The van der Waals surface area contributed by atoms with E-state index in [0.29, 0.717) is 0 Å². The number of nitrogens with zero attached hydrogens (tertiary/aromatic N) is 2. The number of carbonyl (C=O) groups is 2. The van der Waals surface area contributed by atoms with E-state index in [1.807, 2.05) is 43.3 Å². The fourth-order valence-electron chi connectivity index (χ4n) is 1.71. The van der Waals surface area contributed by atoms with Crippen LogP contribution >= 0.6 is 0 Å². The van der Waals surface area contributed by atoms with E-state index in [2.05, 4.69) is 6.58 Å². The van der Waals surface area contributed by atoms with Crippen molar-refractivity contribution in [3.63, 3.8) is 0 Å². The van der Waals surface area contributed by atoms with Gasteiger partial charge in [0.15, 0.2) is 0 Å². The smallest absolute Gasteiger partial charge is 0.323 e. The molecule has 0 saturated carbocycles. The molecule has 0 heterocycles. The van der Waals surface area contributed by atoms with Crippen LogP contribution in [0.5, 0.6) is 0 Å². The van der Waals surface area contributed by atoms with Gasteiger partial charge in [0.25, 0.3) is 0 Å². The van der Waals surface area contributed by atoms with Crippen molar-refractivity contribution in [3.05, 3.63) is 48.6 Å². The standard InChI is InChI=1S/C16H20N2O3/c1-4-11-18(12-16(20)21)15(19)10-7-13-5-8-14(9-6-13)17(2)3/h4-10H,1,11-12H2,2-3H3,(H,20,21). The average Bonchev–Trinajstić information content (AvgIpc) is 2.44. The van der Waals surface area contributed by atoms with E-state index in [1.54, 1.807) is 6.08 Å². The Labute approximate surface area is 124 Å². The first-order valence-electron chi connectivity index (χ1n) is 6.51. The van der Waals surface area contributed by atoms with Gasteiger partial charge in [0, 0.05) is 32.4 Å². The Hall–Kier alpha value is -2.56. The van der Waals surface area contributed by atoms with Crippen LogP contribution in [0.15, 0.2) is 43.0 Å². The highest BCUT2D eigenvalue weighted by Crippen LogP contribution is 2.13. The second kappa shape index (κ2) is 7.89. The molecule has 1 N–H and O–H groups in total. The summed E-state index contributed by atoms with van der Waals surface area (Å²) in [5.41, 5.74) is 1.94. The van der Waals surface area contributed by atoms with E-state index in [1.165, 1.54) is 17.1 Å². The molecule has 5 heteroatoms. The monoisotopic (exact) mass is 288 g/mol. The zero-order valence-corrected chi connectivity index (χ0v) is 12.3. The molecule has 0 aliphatic carbocycles. The number of hydrogen-bond donors (Lipinski definition) is 1. The lowest BCUT2D eigenvalue weighted by Crippen LogP contribution is -2.34. The molecule has 0 radical (unpaired) electrons. The molecule has 0 unspecified atom stereocenters. The summed E-state index contributed by atoms with van der Waals surface area (Å²) >= 11 is 0. The van der Waals surface area contributed by atoms with Crippen molar-refractivity contribution < 1.29 is 14.7 Å². The molecule has 1 rings (SSSR count). The second-order valence-corrected chi connectivity index (χ2v) is 4.72. The number of rotatable bonds is 7. The number of anilines is 1. The van der Waals surface area contributed by atoms with Gasteiger partial charge in [0.2, 0.25) is 5.91 Å². The van der Waals surface area contributed by atoms with Gasteiger partial charge in [-0.3, -0.25) is 9.59 Å². The van der Waals surface area contributed by atoms with Crippen LogP contribution in [0.3, 0.4) is 0 Å². The minimum absolute atomic E-state index is 0.203. The number of amides is 1. The van der Waals surface area contributed by atoms with Gasteiger partial charge in [0.05, 0.1) is 0 Å². The van der Waals surface area contributed by atoms with E-state index < -0.39 is 5.97 Å². The van der Waals surface area contributed by atoms with Gasteiger partial charge in [0.1, 0.15) is 6.54 Å². The molecular formula is C16H20N2O3. The molecule has 0 aliphatic rings. The molecule has 1 aromatic carbocycles. The van der Waals surface area contributed by atoms with Crippen LogP contribution in [0, 0.1) is 0 Å². The third-order valence-corrected chi connectivity index (χ3v) is 2.82. The van der Waals surface area contributed by atoms with Gasteiger partial charge in [-0.15, -0.1) is 6.58 Å². The predicted octanol–water partition coefficient (Wildman–Crippen LogP) is 1.87. The molecule has 0 bridgehead atoms. The van der Waals surface area contributed by atoms with Crippen LogP contribution < -0.4 is 4.90 Å². The fraction of sp³-hybridized carbons (Fsp3) is 0.250. The number of carboxylic acid groups (broad SMARTS) is 1. The first kappa shape index (κ1) is 16.5. The molecule has 0 aromatic heterocycles. The van der Waals surface area contributed by atoms with Crippen molar-refractivity contribution in [1.29, 1.82) is 0 Å². The summed E-state index contributed by atoms with van der Waals surface area (Å²) in [4.78, 5) is 25.8. The maximum atomic E-state index is 11.9. The molecule has 0 aliphatic heterocycles. The Morgan fingerprint density at radius 2 is 1.86 bits per heavy atom.